The minimum absolute atomic E-state index is 0.167. The fraction of sp³-hybridized carbons (Fsp3) is 0.800. The first-order valence-electron chi connectivity index (χ1n) is 10.5. The third-order valence-corrected chi connectivity index (χ3v) is 6.73. The van der Waals surface area contributed by atoms with Gasteiger partial charge in [-0.15, -0.1) is 0 Å². The van der Waals surface area contributed by atoms with Crippen LogP contribution in [0.4, 0.5) is 0 Å². The Labute approximate surface area is 156 Å². The summed E-state index contributed by atoms with van der Waals surface area (Å²) in [5.74, 6) is 2.72. The SMILES string of the molecule is CCc1nccn1CCC(=O)NC[C@H]1[C@@H]2CNC[C@@H](C2)[C@@H]2CCCCN21. The third-order valence-electron chi connectivity index (χ3n) is 6.73. The molecule has 1 aromatic rings. The van der Waals surface area contributed by atoms with Crippen LogP contribution in [0.2, 0.25) is 0 Å². The van der Waals surface area contributed by atoms with Crippen LogP contribution in [0.1, 0.15) is 44.9 Å². The zero-order valence-electron chi connectivity index (χ0n) is 16.0. The standard InChI is InChI=1S/C20H33N5O/c1-2-19-22-7-10-24(19)9-6-20(26)23-14-18-16-11-15(12-21-13-16)17-5-3-4-8-25(17)18/h7,10,15-18,21H,2-6,8-9,11-14H2,1H3,(H,23,26)/t15-,16+,17+,18+/m1/s1. The summed E-state index contributed by atoms with van der Waals surface area (Å²) in [5.41, 5.74) is 0. The zero-order valence-corrected chi connectivity index (χ0v) is 16.0. The van der Waals surface area contributed by atoms with Crippen molar-refractivity contribution in [3.05, 3.63) is 18.2 Å². The van der Waals surface area contributed by atoms with E-state index in [0.717, 1.165) is 43.8 Å². The number of aryl methyl sites for hydroxylation is 2. The molecule has 2 bridgehead atoms. The van der Waals surface area contributed by atoms with Gasteiger partial charge in [0.25, 0.3) is 0 Å². The van der Waals surface area contributed by atoms with Gasteiger partial charge in [-0.1, -0.05) is 13.3 Å². The lowest BCUT2D eigenvalue weighted by Crippen LogP contribution is -2.65. The fourth-order valence-electron chi connectivity index (χ4n) is 5.44. The molecule has 144 valence electrons. The van der Waals surface area contributed by atoms with Crippen molar-refractivity contribution in [1.29, 1.82) is 0 Å². The van der Waals surface area contributed by atoms with Crippen LogP contribution in [0, 0.1) is 11.8 Å². The molecule has 6 heteroatoms. The molecule has 4 rings (SSSR count). The minimum Gasteiger partial charge on any atom is -0.354 e. The first kappa shape index (κ1) is 18.0. The fourth-order valence-corrected chi connectivity index (χ4v) is 5.44. The summed E-state index contributed by atoms with van der Waals surface area (Å²) < 4.78 is 2.09. The summed E-state index contributed by atoms with van der Waals surface area (Å²) >= 11 is 0. The summed E-state index contributed by atoms with van der Waals surface area (Å²) in [5, 5.41) is 6.89. The second-order valence-corrected chi connectivity index (χ2v) is 8.23. The van der Waals surface area contributed by atoms with Gasteiger partial charge in [0.1, 0.15) is 5.82 Å². The van der Waals surface area contributed by atoms with Gasteiger partial charge in [0, 0.05) is 50.4 Å². The summed E-state index contributed by atoms with van der Waals surface area (Å²) in [4.78, 5) is 19.5. The van der Waals surface area contributed by atoms with Gasteiger partial charge < -0.3 is 15.2 Å². The molecule has 4 heterocycles. The number of rotatable bonds is 6. The van der Waals surface area contributed by atoms with Gasteiger partial charge in [0.05, 0.1) is 0 Å². The highest BCUT2D eigenvalue weighted by molar-refractivity contribution is 5.75. The molecule has 2 N–H and O–H groups in total. The van der Waals surface area contributed by atoms with E-state index in [9.17, 15) is 4.79 Å². The topological polar surface area (TPSA) is 62.2 Å². The largest absolute Gasteiger partial charge is 0.354 e. The predicted octanol–water partition coefficient (Wildman–Crippen LogP) is 1.41. The number of nitrogens with zero attached hydrogens (tertiary/aromatic N) is 3. The van der Waals surface area contributed by atoms with Crippen LogP contribution < -0.4 is 10.6 Å². The highest BCUT2D eigenvalue weighted by atomic mass is 16.1. The van der Waals surface area contributed by atoms with Crippen molar-refractivity contribution in [1.82, 2.24) is 25.1 Å². The van der Waals surface area contributed by atoms with Crippen molar-refractivity contribution in [3.63, 3.8) is 0 Å². The van der Waals surface area contributed by atoms with E-state index in [4.69, 9.17) is 0 Å². The van der Waals surface area contributed by atoms with Gasteiger partial charge >= 0.3 is 0 Å². The molecule has 3 fully saturated rings. The maximum Gasteiger partial charge on any atom is 0.221 e. The van der Waals surface area contributed by atoms with Crippen molar-refractivity contribution in [2.24, 2.45) is 11.8 Å². The van der Waals surface area contributed by atoms with E-state index in [-0.39, 0.29) is 5.91 Å². The van der Waals surface area contributed by atoms with E-state index in [1.807, 2.05) is 12.4 Å². The van der Waals surface area contributed by atoms with Crippen molar-refractivity contribution in [2.45, 2.75) is 64.1 Å². The highest BCUT2D eigenvalue weighted by Gasteiger charge is 2.45. The van der Waals surface area contributed by atoms with E-state index in [1.54, 1.807) is 0 Å². The molecule has 0 aromatic carbocycles. The van der Waals surface area contributed by atoms with Crippen LogP contribution in [0.15, 0.2) is 12.4 Å². The van der Waals surface area contributed by atoms with Crippen LogP contribution in [0.3, 0.4) is 0 Å². The Morgan fingerprint density at radius 2 is 2.23 bits per heavy atom. The Balaban J connectivity index is 1.31. The number of hydrogen-bond donors (Lipinski definition) is 2. The number of carbonyl (C=O) groups is 1. The van der Waals surface area contributed by atoms with Gasteiger partial charge in [-0.2, -0.15) is 0 Å². The monoisotopic (exact) mass is 359 g/mol. The normalized spacial score (nSPS) is 31.4. The third kappa shape index (κ3) is 3.67. The first-order valence-corrected chi connectivity index (χ1v) is 10.5. The number of hydrogen-bond acceptors (Lipinski definition) is 4. The molecular weight excluding hydrogens is 326 g/mol. The number of nitrogens with one attached hydrogen (secondary N) is 2. The van der Waals surface area contributed by atoms with E-state index in [1.165, 1.54) is 38.8 Å². The lowest BCUT2D eigenvalue weighted by atomic mass is 9.73. The van der Waals surface area contributed by atoms with E-state index >= 15 is 0 Å². The Morgan fingerprint density at radius 1 is 1.35 bits per heavy atom. The molecule has 0 spiro atoms. The first-order chi connectivity index (χ1) is 12.8. The Morgan fingerprint density at radius 3 is 3.12 bits per heavy atom. The number of fused-ring (bicyclic) bond motifs is 4. The predicted molar refractivity (Wildman–Crippen MR) is 102 cm³/mol. The lowest BCUT2D eigenvalue weighted by molar-refractivity contribution is -0.122. The molecule has 0 aliphatic carbocycles. The van der Waals surface area contributed by atoms with Crippen LogP contribution in [0.25, 0.3) is 0 Å². The summed E-state index contributed by atoms with van der Waals surface area (Å²) in [7, 11) is 0. The average Bonchev–Trinajstić information content (AvgIpc) is 3.14. The quantitative estimate of drug-likeness (QED) is 0.806. The van der Waals surface area contributed by atoms with Crippen LogP contribution >= 0.6 is 0 Å². The second kappa shape index (κ2) is 8.09. The Hall–Kier alpha value is -1.40. The van der Waals surface area contributed by atoms with E-state index in [2.05, 4.69) is 32.0 Å². The molecule has 6 nitrogen and oxygen atoms in total. The number of piperidine rings is 3. The van der Waals surface area contributed by atoms with E-state index in [0.29, 0.717) is 18.4 Å². The van der Waals surface area contributed by atoms with Gasteiger partial charge in [-0.05, 0) is 50.7 Å². The smallest absolute Gasteiger partial charge is 0.221 e. The van der Waals surface area contributed by atoms with Crippen LogP contribution in [0.5, 0.6) is 0 Å². The van der Waals surface area contributed by atoms with Gasteiger partial charge in [0.15, 0.2) is 0 Å². The lowest BCUT2D eigenvalue weighted by Gasteiger charge is -2.55. The maximum atomic E-state index is 12.4. The number of aromatic nitrogens is 2. The average molecular weight is 360 g/mol. The van der Waals surface area contributed by atoms with Crippen LogP contribution in [-0.4, -0.2) is 58.6 Å². The molecule has 3 aliphatic heterocycles. The zero-order chi connectivity index (χ0) is 17.9. The molecular formula is C20H33N5O. The van der Waals surface area contributed by atoms with Crippen molar-refractivity contribution >= 4 is 5.91 Å². The molecule has 1 aromatic heterocycles. The van der Waals surface area contributed by atoms with E-state index < -0.39 is 0 Å². The number of imidazole rings is 1. The summed E-state index contributed by atoms with van der Waals surface area (Å²) in [6.45, 7) is 7.13. The molecule has 0 saturated carbocycles. The second-order valence-electron chi connectivity index (χ2n) is 8.23. The molecule has 26 heavy (non-hydrogen) atoms. The molecule has 4 atom stereocenters. The van der Waals surface area contributed by atoms with Crippen LogP contribution in [-0.2, 0) is 17.8 Å². The molecule has 1 amide bonds. The number of amides is 1. The Bertz CT molecular complexity index is 615. The molecule has 0 radical (unpaired) electrons. The van der Waals surface area contributed by atoms with Gasteiger partial charge in [-0.3, -0.25) is 9.69 Å². The summed E-state index contributed by atoms with van der Waals surface area (Å²) in [6.07, 6.45) is 10.6. The molecule has 0 unspecified atom stereocenters. The Kier molecular flexibility index (Phi) is 5.60. The number of carbonyl (C=O) groups excluding carboxylic acids is 1. The van der Waals surface area contributed by atoms with Crippen molar-refractivity contribution in [3.8, 4) is 0 Å². The van der Waals surface area contributed by atoms with Gasteiger partial charge in [-0.25, -0.2) is 4.98 Å². The maximum absolute atomic E-state index is 12.4. The highest BCUT2D eigenvalue weighted by Crippen LogP contribution is 2.38. The molecule has 3 aliphatic rings. The van der Waals surface area contributed by atoms with Crippen molar-refractivity contribution in [2.75, 3.05) is 26.2 Å². The summed E-state index contributed by atoms with van der Waals surface area (Å²) in [6, 6.07) is 1.24. The van der Waals surface area contributed by atoms with Crippen molar-refractivity contribution < 1.29 is 4.79 Å². The molecule has 3 saturated heterocycles. The van der Waals surface area contributed by atoms with Gasteiger partial charge in [0.2, 0.25) is 5.91 Å². The minimum atomic E-state index is 0.167.